The Kier molecular flexibility index (Phi) is 6.70. The van der Waals surface area contributed by atoms with Gasteiger partial charge in [-0.3, -0.25) is 0 Å². The maximum absolute atomic E-state index is 13.5. The van der Waals surface area contributed by atoms with Gasteiger partial charge in [-0.05, 0) is 53.6 Å². The van der Waals surface area contributed by atoms with Crippen molar-refractivity contribution in [3.05, 3.63) is 94.1 Å². The molecule has 10 heteroatoms. The van der Waals surface area contributed by atoms with E-state index in [0.717, 1.165) is 23.3 Å². The molecule has 0 saturated carbocycles. The Hall–Kier alpha value is -4.03. The molecular formula is C24H16ClF3N4O2. The molecule has 3 aromatic carbocycles. The summed E-state index contributed by atoms with van der Waals surface area (Å²) >= 11 is 5.89. The van der Waals surface area contributed by atoms with Crippen molar-refractivity contribution in [1.82, 2.24) is 15.4 Å². The predicted molar refractivity (Wildman–Crippen MR) is 118 cm³/mol. The molecule has 0 bridgehead atoms. The number of ether oxygens (including phenoxy) is 2. The summed E-state index contributed by atoms with van der Waals surface area (Å²) in [6, 6.07) is 19.2. The van der Waals surface area contributed by atoms with Crippen LogP contribution in [0.1, 0.15) is 22.4 Å². The van der Waals surface area contributed by atoms with Crippen LogP contribution in [0.2, 0.25) is 5.02 Å². The van der Waals surface area contributed by atoms with Crippen molar-refractivity contribution in [1.29, 1.82) is 5.26 Å². The van der Waals surface area contributed by atoms with Gasteiger partial charge in [0.25, 0.3) is 0 Å². The van der Waals surface area contributed by atoms with Crippen LogP contribution in [0.3, 0.4) is 0 Å². The number of alkyl halides is 3. The van der Waals surface area contributed by atoms with Gasteiger partial charge in [0, 0.05) is 10.6 Å². The van der Waals surface area contributed by atoms with Crippen molar-refractivity contribution in [2.75, 3.05) is 0 Å². The summed E-state index contributed by atoms with van der Waals surface area (Å²) in [6.45, 7) is 0.240. The summed E-state index contributed by atoms with van der Waals surface area (Å²) in [6.07, 6.45) is -4.62. The minimum absolute atomic E-state index is 0.00479. The smallest absolute Gasteiger partial charge is 0.416 e. The van der Waals surface area contributed by atoms with Crippen LogP contribution in [0.5, 0.6) is 11.5 Å². The van der Waals surface area contributed by atoms with Crippen LogP contribution >= 0.6 is 11.6 Å². The molecule has 1 heterocycles. The molecule has 34 heavy (non-hydrogen) atoms. The number of nitriles is 1. The maximum atomic E-state index is 13.5. The fraction of sp³-hybridized carbons (Fsp3) is 0.125. The first-order chi connectivity index (χ1) is 16.3. The van der Waals surface area contributed by atoms with Gasteiger partial charge >= 0.3 is 6.18 Å². The first-order valence-electron chi connectivity index (χ1n) is 9.95. The molecule has 0 saturated heterocycles. The van der Waals surface area contributed by atoms with E-state index >= 15 is 0 Å². The molecular weight excluding hydrogens is 469 g/mol. The van der Waals surface area contributed by atoms with Gasteiger partial charge in [0.15, 0.2) is 5.69 Å². The van der Waals surface area contributed by atoms with E-state index in [-0.39, 0.29) is 35.9 Å². The number of hydrogen-bond donors (Lipinski definition) is 1. The lowest BCUT2D eigenvalue weighted by atomic mass is 10.1. The third kappa shape index (κ3) is 5.47. The second-order valence-electron chi connectivity index (χ2n) is 7.18. The Morgan fingerprint density at radius 1 is 0.882 bits per heavy atom. The first-order valence-corrected chi connectivity index (χ1v) is 10.3. The second kappa shape index (κ2) is 9.85. The van der Waals surface area contributed by atoms with Crippen molar-refractivity contribution in [2.45, 2.75) is 19.4 Å². The van der Waals surface area contributed by atoms with E-state index in [1.165, 1.54) is 6.07 Å². The molecule has 0 aliphatic heterocycles. The monoisotopic (exact) mass is 484 g/mol. The van der Waals surface area contributed by atoms with Crippen molar-refractivity contribution in [3.63, 3.8) is 0 Å². The number of halogens is 4. The lowest BCUT2D eigenvalue weighted by Gasteiger charge is -2.15. The molecule has 0 aliphatic rings. The predicted octanol–water partition coefficient (Wildman–Crippen LogP) is 6.17. The number of nitrogens with one attached hydrogen (secondary N) is 1. The van der Waals surface area contributed by atoms with Crippen molar-refractivity contribution in [2.24, 2.45) is 0 Å². The number of hydrogen-bond acceptors (Lipinski definition) is 5. The highest BCUT2D eigenvalue weighted by Crippen LogP contribution is 2.36. The van der Waals surface area contributed by atoms with Crippen LogP contribution in [0, 0.1) is 11.3 Å². The van der Waals surface area contributed by atoms with Crippen LogP contribution in [0.25, 0.3) is 11.3 Å². The summed E-state index contributed by atoms with van der Waals surface area (Å²) in [5.41, 5.74) is 0.591. The fourth-order valence-corrected chi connectivity index (χ4v) is 3.31. The highest BCUT2D eigenvalue weighted by molar-refractivity contribution is 6.30. The van der Waals surface area contributed by atoms with Crippen molar-refractivity contribution in [3.8, 4) is 28.8 Å². The maximum Gasteiger partial charge on any atom is 0.416 e. The molecule has 6 nitrogen and oxygen atoms in total. The van der Waals surface area contributed by atoms with E-state index in [1.807, 2.05) is 12.1 Å². The Labute approximate surface area is 197 Å². The van der Waals surface area contributed by atoms with E-state index in [0.29, 0.717) is 10.8 Å². The molecule has 0 atom stereocenters. The standard InChI is InChI=1S/C24H16ClF3N4O2/c25-19-5-7-20(8-6-19)33-13-15-3-1-2-4-16(15)14-34-21-10-17(9-18(11-21)24(26,27)28)23-22(12-29)30-32-31-23/h1-11H,13-14H2,(H,30,31,32). The largest absolute Gasteiger partial charge is 0.489 e. The summed E-state index contributed by atoms with van der Waals surface area (Å²) in [4.78, 5) is 0. The van der Waals surface area contributed by atoms with Gasteiger partial charge < -0.3 is 9.47 Å². The van der Waals surface area contributed by atoms with Gasteiger partial charge in [-0.15, -0.1) is 5.10 Å². The Morgan fingerprint density at radius 3 is 2.15 bits per heavy atom. The van der Waals surface area contributed by atoms with E-state index in [1.54, 1.807) is 42.5 Å². The number of nitrogens with zero attached hydrogens (tertiary/aromatic N) is 3. The molecule has 0 amide bonds. The van der Waals surface area contributed by atoms with Crippen LogP contribution in [0.15, 0.2) is 66.7 Å². The van der Waals surface area contributed by atoms with Crippen molar-refractivity contribution < 1.29 is 22.6 Å². The van der Waals surface area contributed by atoms with Crippen LogP contribution in [-0.4, -0.2) is 15.4 Å². The highest BCUT2D eigenvalue weighted by atomic mass is 35.5. The molecule has 0 unspecified atom stereocenters. The number of aromatic amines is 1. The van der Waals surface area contributed by atoms with E-state index in [9.17, 15) is 13.2 Å². The minimum atomic E-state index is -4.62. The third-order valence-electron chi connectivity index (χ3n) is 4.88. The number of H-pyrrole nitrogens is 1. The average molecular weight is 485 g/mol. The van der Waals surface area contributed by atoms with Crippen molar-refractivity contribution >= 4 is 11.6 Å². The van der Waals surface area contributed by atoms with Gasteiger partial charge in [0.1, 0.15) is 36.5 Å². The SMILES string of the molecule is N#Cc1n[nH]nc1-c1cc(OCc2ccccc2COc2ccc(Cl)cc2)cc(C(F)(F)F)c1. The second-order valence-corrected chi connectivity index (χ2v) is 7.61. The first kappa shape index (κ1) is 23.1. The molecule has 1 N–H and O–H groups in total. The zero-order valence-electron chi connectivity index (χ0n) is 17.4. The minimum Gasteiger partial charge on any atom is -0.489 e. The van der Waals surface area contributed by atoms with Crippen LogP contribution < -0.4 is 9.47 Å². The molecule has 0 spiro atoms. The average Bonchev–Trinajstić information content (AvgIpc) is 3.31. The molecule has 0 radical (unpaired) electrons. The summed E-state index contributed by atoms with van der Waals surface area (Å²) in [5, 5.41) is 19.5. The fourth-order valence-electron chi connectivity index (χ4n) is 3.18. The Morgan fingerprint density at radius 2 is 1.53 bits per heavy atom. The lowest BCUT2D eigenvalue weighted by Crippen LogP contribution is -2.07. The zero-order valence-corrected chi connectivity index (χ0v) is 18.2. The summed E-state index contributed by atoms with van der Waals surface area (Å²) in [7, 11) is 0. The van der Waals surface area contributed by atoms with Gasteiger partial charge in [-0.2, -0.15) is 28.7 Å². The normalized spacial score (nSPS) is 11.1. The molecule has 172 valence electrons. The van der Waals surface area contributed by atoms with Gasteiger partial charge in [0.2, 0.25) is 0 Å². The van der Waals surface area contributed by atoms with E-state index in [4.69, 9.17) is 26.3 Å². The third-order valence-corrected chi connectivity index (χ3v) is 5.13. The zero-order chi connectivity index (χ0) is 24.1. The van der Waals surface area contributed by atoms with E-state index in [2.05, 4.69) is 15.4 Å². The Balaban J connectivity index is 1.56. The molecule has 1 aromatic heterocycles. The number of rotatable bonds is 7. The molecule has 0 aliphatic carbocycles. The van der Waals surface area contributed by atoms with Gasteiger partial charge in [-0.25, -0.2) is 0 Å². The molecule has 0 fully saturated rings. The van der Waals surface area contributed by atoms with Gasteiger partial charge in [-0.1, -0.05) is 35.9 Å². The number of benzene rings is 3. The van der Waals surface area contributed by atoms with E-state index < -0.39 is 11.7 Å². The molecule has 4 aromatic rings. The molecule has 4 rings (SSSR count). The topological polar surface area (TPSA) is 83.8 Å². The highest BCUT2D eigenvalue weighted by Gasteiger charge is 2.32. The quantitative estimate of drug-likeness (QED) is 0.339. The van der Waals surface area contributed by atoms with Crippen LogP contribution in [-0.2, 0) is 19.4 Å². The van der Waals surface area contributed by atoms with Gasteiger partial charge in [0.05, 0.1) is 5.56 Å². The number of aromatic nitrogens is 3. The Bertz CT molecular complexity index is 1330. The van der Waals surface area contributed by atoms with Crippen LogP contribution in [0.4, 0.5) is 13.2 Å². The summed E-state index contributed by atoms with van der Waals surface area (Å²) in [5.74, 6) is 0.605. The lowest BCUT2D eigenvalue weighted by molar-refractivity contribution is -0.137. The summed E-state index contributed by atoms with van der Waals surface area (Å²) < 4.78 is 52.0.